The number of benzene rings is 2. The quantitative estimate of drug-likeness (QED) is 0.625. The minimum atomic E-state index is -0.0180. The second-order valence-corrected chi connectivity index (χ2v) is 5.78. The van der Waals surface area contributed by atoms with E-state index in [1.165, 1.54) is 0 Å². The smallest absolute Gasteiger partial charge is 0.163 e. The summed E-state index contributed by atoms with van der Waals surface area (Å²) in [6.45, 7) is 2.19. The monoisotopic (exact) mass is 314 g/mol. The SMILES string of the molecule is CC(=O)c1cc(-c2ccc(C=O)c(Cl)c2)cc2c1OCCC2. The molecule has 4 heteroatoms. The third-order valence-corrected chi connectivity index (χ3v) is 4.17. The number of Topliss-reactive ketones (excluding diaryl/α,β-unsaturated/α-hetero) is 1. The van der Waals surface area contributed by atoms with Crippen LogP contribution in [0.15, 0.2) is 30.3 Å². The van der Waals surface area contributed by atoms with Crippen molar-refractivity contribution >= 4 is 23.7 Å². The lowest BCUT2D eigenvalue weighted by molar-refractivity contribution is 0.101. The van der Waals surface area contributed by atoms with E-state index >= 15 is 0 Å². The third kappa shape index (κ3) is 2.64. The second kappa shape index (κ2) is 5.93. The minimum absolute atomic E-state index is 0.0180. The van der Waals surface area contributed by atoms with Gasteiger partial charge in [-0.1, -0.05) is 17.7 Å². The van der Waals surface area contributed by atoms with Crippen LogP contribution in [0.1, 0.15) is 39.6 Å². The maximum absolute atomic E-state index is 11.9. The molecule has 2 aromatic carbocycles. The number of halogens is 1. The highest BCUT2D eigenvalue weighted by molar-refractivity contribution is 6.33. The Balaban J connectivity index is 2.15. The molecule has 1 aliphatic rings. The molecule has 0 spiro atoms. The van der Waals surface area contributed by atoms with Crippen LogP contribution in [-0.4, -0.2) is 18.7 Å². The summed E-state index contributed by atoms with van der Waals surface area (Å²) in [6, 6.07) is 9.14. The van der Waals surface area contributed by atoms with Crippen molar-refractivity contribution in [2.24, 2.45) is 0 Å². The topological polar surface area (TPSA) is 43.4 Å². The third-order valence-electron chi connectivity index (χ3n) is 3.84. The first kappa shape index (κ1) is 14.8. The molecule has 22 heavy (non-hydrogen) atoms. The van der Waals surface area contributed by atoms with E-state index in [0.717, 1.165) is 35.8 Å². The number of hydrogen-bond donors (Lipinski definition) is 0. The zero-order valence-electron chi connectivity index (χ0n) is 12.2. The zero-order chi connectivity index (χ0) is 15.7. The first-order valence-electron chi connectivity index (χ1n) is 7.16. The largest absolute Gasteiger partial charge is 0.493 e. The Morgan fingerprint density at radius 3 is 2.73 bits per heavy atom. The van der Waals surface area contributed by atoms with Crippen molar-refractivity contribution in [3.63, 3.8) is 0 Å². The van der Waals surface area contributed by atoms with Crippen molar-refractivity contribution in [1.82, 2.24) is 0 Å². The maximum atomic E-state index is 11.9. The average molecular weight is 315 g/mol. The fraction of sp³-hybridized carbons (Fsp3) is 0.222. The molecule has 3 rings (SSSR count). The second-order valence-electron chi connectivity index (χ2n) is 5.37. The van der Waals surface area contributed by atoms with E-state index < -0.39 is 0 Å². The van der Waals surface area contributed by atoms with Gasteiger partial charge in [0.2, 0.25) is 0 Å². The van der Waals surface area contributed by atoms with E-state index in [2.05, 4.69) is 0 Å². The van der Waals surface area contributed by atoms with Crippen molar-refractivity contribution in [2.45, 2.75) is 19.8 Å². The molecule has 2 aromatic rings. The molecule has 0 aliphatic carbocycles. The molecule has 0 saturated carbocycles. The summed E-state index contributed by atoms with van der Waals surface area (Å²) in [7, 11) is 0. The first-order chi connectivity index (χ1) is 10.6. The van der Waals surface area contributed by atoms with E-state index in [1.54, 1.807) is 19.1 Å². The lowest BCUT2D eigenvalue weighted by atomic mass is 9.93. The van der Waals surface area contributed by atoms with Gasteiger partial charge in [0.05, 0.1) is 17.2 Å². The van der Waals surface area contributed by atoms with E-state index in [4.69, 9.17) is 16.3 Å². The normalized spacial score (nSPS) is 13.2. The highest BCUT2D eigenvalue weighted by Crippen LogP contribution is 2.35. The fourth-order valence-electron chi connectivity index (χ4n) is 2.71. The summed E-state index contributed by atoms with van der Waals surface area (Å²) < 4.78 is 5.67. The number of carbonyl (C=O) groups is 2. The molecule has 0 N–H and O–H groups in total. The number of carbonyl (C=O) groups excluding carboxylic acids is 2. The van der Waals surface area contributed by atoms with Crippen molar-refractivity contribution < 1.29 is 14.3 Å². The van der Waals surface area contributed by atoms with Crippen LogP contribution in [0.25, 0.3) is 11.1 Å². The van der Waals surface area contributed by atoms with E-state index in [0.29, 0.717) is 28.5 Å². The van der Waals surface area contributed by atoms with Crippen LogP contribution in [-0.2, 0) is 6.42 Å². The Labute approximate surface area is 133 Å². The molecule has 0 amide bonds. The minimum Gasteiger partial charge on any atom is -0.493 e. The highest BCUT2D eigenvalue weighted by Gasteiger charge is 2.19. The number of ketones is 1. The van der Waals surface area contributed by atoms with Gasteiger partial charge >= 0.3 is 0 Å². The van der Waals surface area contributed by atoms with E-state index in [-0.39, 0.29) is 5.78 Å². The lowest BCUT2D eigenvalue weighted by Crippen LogP contribution is -2.12. The standard InChI is InChI=1S/C18H15ClO3/c1-11(21)16-8-15(7-13-3-2-6-22-18(13)16)12-4-5-14(10-20)17(19)9-12/h4-5,7-10H,2-3,6H2,1H3. The molecule has 0 aromatic heterocycles. The number of hydrogen-bond acceptors (Lipinski definition) is 3. The van der Waals surface area contributed by atoms with Crippen molar-refractivity contribution in [1.29, 1.82) is 0 Å². The Hall–Kier alpha value is -2.13. The van der Waals surface area contributed by atoms with E-state index in [1.807, 2.05) is 18.2 Å². The molecule has 0 bridgehead atoms. The van der Waals surface area contributed by atoms with Crippen LogP contribution >= 0.6 is 11.6 Å². The van der Waals surface area contributed by atoms with Crippen LogP contribution < -0.4 is 4.74 Å². The van der Waals surface area contributed by atoms with Gasteiger partial charge in [-0.15, -0.1) is 0 Å². The van der Waals surface area contributed by atoms with Crippen molar-refractivity contribution in [3.05, 3.63) is 52.0 Å². The van der Waals surface area contributed by atoms with E-state index in [9.17, 15) is 9.59 Å². The summed E-state index contributed by atoms with van der Waals surface area (Å²) in [5.74, 6) is 0.689. The summed E-state index contributed by atoms with van der Waals surface area (Å²) >= 11 is 6.10. The molecular formula is C18H15ClO3. The molecule has 1 aliphatic heterocycles. The molecule has 0 saturated heterocycles. The van der Waals surface area contributed by atoms with Crippen LogP contribution in [0.4, 0.5) is 0 Å². The predicted molar refractivity (Wildman–Crippen MR) is 86.1 cm³/mol. The Morgan fingerprint density at radius 1 is 1.23 bits per heavy atom. The molecule has 0 unspecified atom stereocenters. The van der Waals surface area contributed by atoms with Gasteiger partial charge in [0, 0.05) is 5.56 Å². The van der Waals surface area contributed by atoms with Gasteiger partial charge in [-0.25, -0.2) is 0 Å². The number of ether oxygens (including phenoxy) is 1. The van der Waals surface area contributed by atoms with Gasteiger partial charge in [0.1, 0.15) is 5.75 Å². The summed E-state index contributed by atoms with van der Waals surface area (Å²) in [5, 5.41) is 0.408. The molecule has 112 valence electrons. The fourth-order valence-corrected chi connectivity index (χ4v) is 2.94. The number of aryl methyl sites for hydroxylation is 1. The van der Waals surface area contributed by atoms with Gasteiger partial charge < -0.3 is 4.74 Å². The van der Waals surface area contributed by atoms with Crippen LogP contribution in [0.3, 0.4) is 0 Å². The van der Waals surface area contributed by atoms with Crippen molar-refractivity contribution in [3.8, 4) is 16.9 Å². The summed E-state index contributed by atoms with van der Waals surface area (Å²) in [5.41, 5.74) is 3.89. The summed E-state index contributed by atoms with van der Waals surface area (Å²) in [6.07, 6.45) is 2.57. The van der Waals surface area contributed by atoms with Gasteiger partial charge in [-0.05, 0) is 60.7 Å². The molecule has 1 heterocycles. The predicted octanol–water partition coefficient (Wildman–Crippen LogP) is 4.35. The first-order valence-corrected chi connectivity index (χ1v) is 7.53. The zero-order valence-corrected chi connectivity index (χ0v) is 12.9. The molecule has 3 nitrogen and oxygen atoms in total. The van der Waals surface area contributed by atoms with Gasteiger partial charge in [0.25, 0.3) is 0 Å². The van der Waals surface area contributed by atoms with Crippen LogP contribution in [0.2, 0.25) is 5.02 Å². The number of aldehydes is 1. The van der Waals surface area contributed by atoms with Gasteiger partial charge in [0.15, 0.2) is 12.1 Å². The average Bonchev–Trinajstić information content (AvgIpc) is 2.53. The van der Waals surface area contributed by atoms with Crippen LogP contribution in [0.5, 0.6) is 5.75 Å². The highest BCUT2D eigenvalue weighted by atomic mass is 35.5. The van der Waals surface area contributed by atoms with Crippen molar-refractivity contribution in [2.75, 3.05) is 6.61 Å². The number of fused-ring (bicyclic) bond motifs is 1. The molecule has 0 fully saturated rings. The van der Waals surface area contributed by atoms with Gasteiger partial charge in [-0.2, -0.15) is 0 Å². The molecule has 0 atom stereocenters. The number of rotatable bonds is 3. The summed E-state index contributed by atoms with van der Waals surface area (Å²) in [4.78, 5) is 22.8. The Kier molecular flexibility index (Phi) is 3.99. The van der Waals surface area contributed by atoms with Gasteiger partial charge in [-0.3, -0.25) is 9.59 Å². The molecule has 0 radical (unpaired) electrons. The molecular weight excluding hydrogens is 300 g/mol. The Morgan fingerprint density at radius 2 is 2.05 bits per heavy atom. The Bertz CT molecular complexity index is 765. The lowest BCUT2D eigenvalue weighted by Gasteiger charge is -2.21. The maximum Gasteiger partial charge on any atom is 0.163 e. The van der Waals surface area contributed by atoms with Crippen LogP contribution in [0, 0.1) is 0 Å².